The van der Waals surface area contributed by atoms with Crippen molar-refractivity contribution in [3.63, 3.8) is 0 Å². The van der Waals surface area contributed by atoms with Crippen LogP contribution in [0.5, 0.6) is 0 Å². The summed E-state index contributed by atoms with van der Waals surface area (Å²) in [5.74, 6) is -1.31. The fourth-order valence-electron chi connectivity index (χ4n) is 2.65. The number of carbonyl (C=O) groups is 3. The molecule has 0 bridgehead atoms. The summed E-state index contributed by atoms with van der Waals surface area (Å²) >= 11 is 0. The first-order valence-electron chi connectivity index (χ1n) is 9.61. The molecule has 0 saturated carbocycles. The standard InChI is InChI=1S/C21H32N2O6/c1-7-28-16(3)23(13-18(25)17-11-9-8-10-12-17)20(27)22(15(2)24)14-19(26)29-21(4,5)6/h8-12,16,18,25H,7,13-14H2,1-6H3. The van der Waals surface area contributed by atoms with Crippen molar-refractivity contribution in [1.29, 1.82) is 0 Å². The molecule has 1 N–H and O–H groups in total. The number of nitrogens with zero attached hydrogens (tertiary/aromatic N) is 2. The molecule has 2 unspecified atom stereocenters. The van der Waals surface area contributed by atoms with Gasteiger partial charge in [0.15, 0.2) is 0 Å². The van der Waals surface area contributed by atoms with Crippen LogP contribution in [0, 0.1) is 0 Å². The molecule has 1 rings (SSSR count). The fourth-order valence-corrected chi connectivity index (χ4v) is 2.65. The van der Waals surface area contributed by atoms with Crippen molar-refractivity contribution in [3.05, 3.63) is 35.9 Å². The number of aliphatic hydroxyl groups excluding tert-OH is 1. The number of aliphatic hydroxyl groups is 1. The summed E-state index contributed by atoms with van der Waals surface area (Å²) in [7, 11) is 0. The minimum atomic E-state index is -0.988. The molecule has 0 aliphatic carbocycles. The Balaban J connectivity index is 3.05. The van der Waals surface area contributed by atoms with Crippen molar-refractivity contribution in [2.75, 3.05) is 19.7 Å². The number of rotatable bonds is 8. The van der Waals surface area contributed by atoms with Gasteiger partial charge in [0, 0.05) is 13.5 Å². The van der Waals surface area contributed by atoms with Gasteiger partial charge < -0.3 is 14.6 Å². The zero-order valence-electron chi connectivity index (χ0n) is 18.0. The van der Waals surface area contributed by atoms with Gasteiger partial charge in [-0.25, -0.2) is 4.79 Å². The predicted molar refractivity (Wildman–Crippen MR) is 108 cm³/mol. The van der Waals surface area contributed by atoms with Crippen LogP contribution in [0.3, 0.4) is 0 Å². The van der Waals surface area contributed by atoms with Gasteiger partial charge in [0.1, 0.15) is 18.4 Å². The summed E-state index contributed by atoms with van der Waals surface area (Å²) in [4.78, 5) is 39.4. The summed E-state index contributed by atoms with van der Waals surface area (Å²) in [5.41, 5.74) is -0.125. The SMILES string of the molecule is CCOC(C)N(CC(O)c1ccccc1)C(=O)N(CC(=O)OC(C)(C)C)C(C)=O. The Morgan fingerprint density at radius 3 is 2.21 bits per heavy atom. The van der Waals surface area contributed by atoms with Crippen LogP contribution in [-0.4, -0.2) is 64.3 Å². The number of hydrogen-bond acceptors (Lipinski definition) is 6. The molecule has 0 aromatic heterocycles. The molecule has 2 atom stereocenters. The molecule has 1 aromatic carbocycles. The second kappa shape index (κ2) is 10.9. The van der Waals surface area contributed by atoms with E-state index in [1.807, 2.05) is 6.07 Å². The first kappa shape index (κ1) is 24.6. The van der Waals surface area contributed by atoms with E-state index in [9.17, 15) is 19.5 Å². The Kier molecular flexibility index (Phi) is 9.26. The van der Waals surface area contributed by atoms with Crippen LogP contribution in [0.15, 0.2) is 30.3 Å². The van der Waals surface area contributed by atoms with Crippen molar-refractivity contribution in [3.8, 4) is 0 Å². The molecule has 1 aromatic rings. The highest BCUT2D eigenvalue weighted by molar-refractivity contribution is 5.96. The number of benzene rings is 1. The van der Waals surface area contributed by atoms with Crippen LogP contribution in [0.25, 0.3) is 0 Å². The minimum absolute atomic E-state index is 0.109. The first-order valence-corrected chi connectivity index (χ1v) is 9.61. The van der Waals surface area contributed by atoms with Gasteiger partial charge in [-0.15, -0.1) is 0 Å². The van der Waals surface area contributed by atoms with Gasteiger partial charge in [0.25, 0.3) is 0 Å². The molecule has 162 valence electrons. The average molecular weight is 408 g/mol. The van der Waals surface area contributed by atoms with Gasteiger partial charge >= 0.3 is 12.0 Å². The average Bonchev–Trinajstić information content (AvgIpc) is 2.62. The lowest BCUT2D eigenvalue weighted by Gasteiger charge is -2.34. The topological polar surface area (TPSA) is 96.4 Å². The number of imide groups is 1. The van der Waals surface area contributed by atoms with E-state index in [2.05, 4.69) is 0 Å². The lowest BCUT2D eigenvalue weighted by atomic mass is 10.1. The quantitative estimate of drug-likeness (QED) is 0.525. The molecule has 0 heterocycles. The van der Waals surface area contributed by atoms with E-state index >= 15 is 0 Å². The van der Waals surface area contributed by atoms with E-state index in [4.69, 9.17) is 9.47 Å². The number of hydrogen-bond donors (Lipinski definition) is 1. The third kappa shape index (κ3) is 8.21. The highest BCUT2D eigenvalue weighted by atomic mass is 16.6. The molecule has 3 amide bonds. The molecule has 8 nitrogen and oxygen atoms in total. The molecule has 8 heteroatoms. The number of amides is 3. The molecule has 29 heavy (non-hydrogen) atoms. The Morgan fingerprint density at radius 2 is 1.72 bits per heavy atom. The van der Waals surface area contributed by atoms with Crippen LogP contribution in [0.1, 0.15) is 53.2 Å². The Bertz CT molecular complexity index is 686. The van der Waals surface area contributed by atoms with Crippen LogP contribution in [-0.2, 0) is 19.1 Å². The molecule has 0 radical (unpaired) electrons. The van der Waals surface area contributed by atoms with E-state index in [1.165, 1.54) is 11.8 Å². The third-order valence-electron chi connectivity index (χ3n) is 3.96. The van der Waals surface area contributed by atoms with Gasteiger partial charge in [0.2, 0.25) is 5.91 Å². The monoisotopic (exact) mass is 408 g/mol. The molecule has 0 spiro atoms. The third-order valence-corrected chi connectivity index (χ3v) is 3.96. The normalized spacial score (nSPS) is 13.3. The Labute approximate surface area is 172 Å². The van der Waals surface area contributed by atoms with Gasteiger partial charge in [-0.05, 0) is 40.2 Å². The van der Waals surface area contributed by atoms with E-state index in [-0.39, 0.29) is 6.54 Å². The largest absolute Gasteiger partial charge is 0.459 e. The van der Waals surface area contributed by atoms with Crippen molar-refractivity contribution in [1.82, 2.24) is 9.80 Å². The zero-order valence-corrected chi connectivity index (χ0v) is 18.0. The summed E-state index contributed by atoms with van der Waals surface area (Å²) in [5, 5.41) is 10.6. The van der Waals surface area contributed by atoms with Gasteiger partial charge in [0.05, 0.1) is 12.6 Å². The number of carbonyl (C=O) groups excluding carboxylic acids is 3. The van der Waals surface area contributed by atoms with Crippen LogP contribution < -0.4 is 0 Å². The number of esters is 1. The van der Waals surface area contributed by atoms with Crippen molar-refractivity contribution in [2.24, 2.45) is 0 Å². The van der Waals surface area contributed by atoms with Crippen molar-refractivity contribution in [2.45, 2.75) is 59.5 Å². The van der Waals surface area contributed by atoms with Crippen LogP contribution in [0.2, 0.25) is 0 Å². The minimum Gasteiger partial charge on any atom is -0.459 e. The maximum atomic E-state index is 13.1. The zero-order chi connectivity index (χ0) is 22.2. The highest BCUT2D eigenvalue weighted by Crippen LogP contribution is 2.18. The molecular formula is C21H32N2O6. The molecular weight excluding hydrogens is 376 g/mol. The summed E-state index contributed by atoms with van der Waals surface area (Å²) in [6, 6.07) is 8.12. The van der Waals surface area contributed by atoms with Gasteiger partial charge in [-0.2, -0.15) is 0 Å². The van der Waals surface area contributed by atoms with E-state index in [0.717, 1.165) is 4.90 Å². The predicted octanol–water partition coefficient (Wildman–Crippen LogP) is 2.71. The number of urea groups is 1. The highest BCUT2D eigenvalue weighted by Gasteiger charge is 2.32. The molecule has 0 aliphatic rings. The van der Waals surface area contributed by atoms with Crippen molar-refractivity contribution >= 4 is 17.9 Å². The van der Waals surface area contributed by atoms with Gasteiger partial charge in [-0.1, -0.05) is 30.3 Å². The maximum absolute atomic E-state index is 13.1. The summed E-state index contributed by atoms with van der Waals surface area (Å²) < 4.78 is 10.7. The Morgan fingerprint density at radius 1 is 1.14 bits per heavy atom. The van der Waals surface area contributed by atoms with E-state index < -0.39 is 42.4 Å². The second-order valence-corrected chi connectivity index (χ2v) is 7.61. The van der Waals surface area contributed by atoms with E-state index in [0.29, 0.717) is 12.2 Å². The number of ether oxygens (including phenoxy) is 2. The van der Waals surface area contributed by atoms with E-state index in [1.54, 1.807) is 58.9 Å². The fraction of sp³-hybridized carbons (Fsp3) is 0.571. The van der Waals surface area contributed by atoms with Crippen molar-refractivity contribution < 1.29 is 29.0 Å². The summed E-state index contributed by atoms with van der Waals surface area (Å²) in [6.45, 7) is 9.41. The van der Waals surface area contributed by atoms with Crippen LogP contribution in [0.4, 0.5) is 4.79 Å². The summed E-state index contributed by atoms with van der Waals surface area (Å²) in [6.07, 6.45) is -1.70. The maximum Gasteiger partial charge on any atom is 0.329 e. The molecule has 0 aliphatic heterocycles. The lowest BCUT2D eigenvalue weighted by Crippen LogP contribution is -2.52. The van der Waals surface area contributed by atoms with Crippen LogP contribution >= 0.6 is 0 Å². The molecule has 0 fully saturated rings. The lowest BCUT2D eigenvalue weighted by molar-refractivity contribution is -0.157. The second-order valence-electron chi connectivity index (χ2n) is 7.61. The first-order chi connectivity index (χ1) is 13.5. The Hall–Kier alpha value is -2.45. The van der Waals surface area contributed by atoms with Gasteiger partial charge in [-0.3, -0.25) is 19.4 Å². The smallest absolute Gasteiger partial charge is 0.329 e. The molecule has 0 saturated heterocycles.